The number of nitrogens with zero attached hydrogens (tertiary/aromatic N) is 1. The third-order valence-corrected chi connectivity index (χ3v) is 3.33. The van der Waals surface area contributed by atoms with Crippen molar-refractivity contribution in [3.05, 3.63) is 78.5 Å². The van der Waals surface area contributed by atoms with E-state index in [-0.39, 0.29) is 0 Å². The zero-order valence-electron chi connectivity index (χ0n) is 11.5. The molecular weight excluding hydrogens is 287 g/mol. The summed E-state index contributed by atoms with van der Waals surface area (Å²) in [4.78, 5) is 3.69. The lowest BCUT2D eigenvalue weighted by Crippen LogP contribution is -2.07. The first-order valence-corrected chi connectivity index (χ1v) is 6.74. The zero-order valence-corrected chi connectivity index (χ0v) is 11.5. The smallest absolute Gasteiger partial charge is 0.243 e. The quantitative estimate of drug-likeness (QED) is 0.614. The number of halogens is 3. The summed E-state index contributed by atoms with van der Waals surface area (Å²) in [6.07, 6.45) is -4.43. The minimum absolute atomic E-state index is 0.314. The predicted molar refractivity (Wildman–Crippen MR) is 80.1 cm³/mol. The lowest BCUT2D eigenvalue weighted by atomic mass is 10.0. The monoisotopic (exact) mass is 299 g/mol. The summed E-state index contributed by atoms with van der Waals surface area (Å²) >= 11 is 0. The van der Waals surface area contributed by atoms with Crippen molar-refractivity contribution in [2.24, 2.45) is 0 Å². The van der Waals surface area contributed by atoms with Gasteiger partial charge in [0.15, 0.2) is 0 Å². The van der Waals surface area contributed by atoms with Gasteiger partial charge in [-0.05, 0) is 23.3 Å². The SMILES string of the molecule is FC(F)(F)c1cccc(-c2ccc(-c3ccccc3)cc2)n1. The van der Waals surface area contributed by atoms with Crippen molar-refractivity contribution in [1.29, 1.82) is 0 Å². The van der Waals surface area contributed by atoms with Crippen LogP contribution in [0.2, 0.25) is 0 Å². The highest BCUT2D eigenvalue weighted by Crippen LogP contribution is 2.30. The lowest BCUT2D eigenvalue weighted by Gasteiger charge is -2.08. The van der Waals surface area contributed by atoms with Crippen molar-refractivity contribution in [2.45, 2.75) is 6.18 Å². The Labute approximate surface area is 126 Å². The Hall–Kier alpha value is -2.62. The Balaban J connectivity index is 1.94. The molecule has 2 aromatic carbocycles. The molecule has 0 N–H and O–H groups in total. The Morgan fingerprint density at radius 2 is 1.18 bits per heavy atom. The first kappa shape index (κ1) is 14.3. The van der Waals surface area contributed by atoms with Gasteiger partial charge in [0.2, 0.25) is 0 Å². The second kappa shape index (κ2) is 5.64. The molecule has 0 saturated carbocycles. The second-order valence-electron chi connectivity index (χ2n) is 4.85. The van der Waals surface area contributed by atoms with Gasteiger partial charge in [-0.3, -0.25) is 0 Å². The van der Waals surface area contributed by atoms with E-state index in [1.807, 2.05) is 42.5 Å². The normalized spacial score (nSPS) is 11.4. The van der Waals surface area contributed by atoms with Crippen molar-refractivity contribution >= 4 is 0 Å². The van der Waals surface area contributed by atoms with Gasteiger partial charge in [-0.2, -0.15) is 13.2 Å². The van der Waals surface area contributed by atoms with E-state index >= 15 is 0 Å². The van der Waals surface area contributed by atoms with Gasteiger partial charge in [0.25, 0.3) is 0 Å². The van der Waals surface area contributed by atoms with E-state index in [4.69, 9.17) is 0 Å². The molecule has 22 heavy (non-hydrogen) atoms. The van der Waals surface area contributed by atoms with E-state index in [0.717, 1.165) is 17.2 Å². The fourth-order valence-corrected chi connectivity index (χ4v) is 2.22. The number of hydrogen-bond acceptors (Lipinski definition) is 1. The molecule has 0 atom stereocenters. The van der Waals surface area contributed by atoms with Crippen LogP contribution in [0, 0.1) is 0 Å². The summed E-state index contributed by atoms with van der Waals surface area (Å²) in [7, 11) is 0. The summed E-state index contributed by atoms with van der Waals surface area (Å²) in [5, 5.41) is 0. The number of rotatable bonds is 2. The van der Waals surface area contributed by atoms with Crippen LogP contribution in [-0.2, 0) is 6.18 Å². The molecule has 4 heteroatoms. The van der Waals surface area contributed by atoms with Crippen molar-refractivity contribution in [3.8, 4) is 22.4 Å². The molecule has 0 spiro atoms. The predicted octanol–water partition coefficient (Wildman–Crippen LogP) is 5.43. The first-order valence-electron chi connectivity index (χ1n) is 6.74. The molecule has 3 rings (SSSR count). The summed E-state index contributed by atoms with van der Waals surface area (Å²) in [5.41, 5.74) is 2.17. The van der Waals surface area contributed by atoms with Gasteiger partial charge in [0, 0.05) is 5.56 Å². The minimum Gasteiger partial charge on any atom is -0.243 e. The number of benzene rings is 2. The molecule has 110 valence electrons. The number of pyridine rings is 1. The average molecular weight is 299 g/mol. The van der Waals surface area contributed by atoms with Crippen LogP contribution >= 0.6 is 0 Å². The molecular formula is C18H12F3N. The van der Waals surface area contributed by atoms with Crippen molar-refractivity contribution < 1.29 is 13.2 Å². The number of aromatic nitrogens is 1. The van der Waals surface area contributed by atoms with Crippen molar-refractivity contribution in [1.82, 2.24) is 4.98 Å². The highest BCUT2D eigenvalue weighted by atomic mass is 19.4. The average Bonchev–Trinajstić information content (AvgIpc) is 2.55. The fourth-order valence-electron chi connectivity index (χ4n) is 2.22. The van der Waals surface area contributed by atoms with Gasteiger partial charge in [-0.25, -0.2) is 4.98 Å². The van der Waals surface area contributed by atoms with Gasteiger partial charge in [0.05, 0.1) is 5.69 Å². The molecule has 0 bridgehead atoms. The van der Waals surface area contributed by atoms with Crippen LogP contribution in [0.3, 0.4) is 0 Å². The van der Waals surface area contributed by atoms with Crippen molar-refractivity contribution in [2.75, 3.05) is 0 Å². The molecule has 1 aromatic heterocycles. The molecule has 0 saturated heterocycles. The van der Waals surface area contributed by atoms with Crippen LogP contribution in [0.5, 0.6) is 0 Å². The van der Waals surface area contributed by atoms with E-state index in [0.29, 0.717) is 11.3 Å². The van der Waals surface area contributed by atoms with E-state index in [9.17, 15) is 13.2 Å². The summed E-state index contributed by atoms with van der Waals surface area (Å²) in [6.45, 7) is 0. The van der Waals surface area contributed by atoms with Gasteiger partial charge >= 0.3 is 6.18 Å². The van der Waals surface area contributed by atoms with Crippen LogP contribution in [0.4, 0.5) is 13.2 Å². The molecule has 0 amide bonds. The Morgan fingerprint density at radius 1 is 0.591 bits per heavy atom. The molecule has 0 aliphatic heterocycles. The van der Waals surface area contributed by atoms with Gasteiger partial charge < -0.3 is 0 Å². The maximum Gasteiger partial charge on any atom is 0.433 e. The van der Waals surface area contributed by atoms with Gasteiger partial charge in [0.1, 0.15) is 5.69 Å². The van der Waals surface area contributed by atoms with Crippen LogP contribution in [0.15, 0.2) is 72.8 Å². The Morgan fingerprint density at radius 3 is 1.82 bits per heavy atom. The lowest BCUT2D eigenvalue weighted by molar-refractivity contribution is -0.141. The van der Waals surface area contributed by atoms with E-state index in [2.05, 4.69) is 4.98 Å². The molecule has 0 radical (unpaired) electrons. The summed E-state index contributed by atoms with van der Waals surface area (Å²) < 4.78 is 38.1. The zero-order chi connectivity index (χ0) is 15.6. The van der Waals surface area contributed by atoms with Gasteiger partial charge in [-0.15, -0.1) is 0 Å². The van der Waals surface area contributed by atoms with Crippen LogP contribution in [0.25, 0.3) is 22.4 Å². The molecule has 0 aliphatic rings. The molecule has 3 aromatic rings. The Kier molecular flexibility index (Phi) is 3.67. The second-order valence-corrected chi connectivity index (χ2v) is 4.85. The van der Waals surface area contributed by atoms with E-state index in [1.54, 1.807) is 18.2 Å². The topological polar surface area (TPSA) is 12.9 Å². The number of hydrogen-bond donors (Lipinski definition) is 0. The standard InChI is InChI=1S/C18H12F3N/c19-18(20,21)17-8-4-7-16(22-17)15-11-9-14(10-12-15)13-5-2-1-3-6-13/h1-12H. The maximum absolute atomic E-state index is 12.7. The van der Waals surface area contributed by atoms with Gasteiger partial charge in [-0.1, -0.05) is 60.7 Å². The highest BCUT2D eigenvalue weighted by molar-refractivity contribution is 5.68. The van der Waals surface area contributed by atoms with Crippen LogP contribution in [-0.4, -0.2) is 4.98 Å². The van der Waals surface area contributed by atoms with Crippen molar-refractivity contribution in [3.63, 3.8) is 0 Å². The van der Waals surface area contributed by atoms with Crippen LogP contribution < -0.4 is 0 Å². The maximum atomic E-state index is 12.7. The number of alkyl halides is 3. The summed E-state index contributed by atoms with van der Waals surface area (Å²) in [6, 6.07) is 21.0. The molecule has 0 aliphatic carbocycles. The third kappa shape index (κ3) is 3.01. The Bertz CT molecular complexity index is 762. The molecule has 1 nitrogen and oxygen atoms in total. The van der Waals surface area contributed by atoms with E-state index < -0.39 is 11.9 Å². The molecule has 0 unspecified atom stereocenters. The summed E-state index contributed by atoms with van der Waals surface area (Å²) in [5.74, 6) is 0. The van der Waals surface area contributed by atoms with E-state index in [1.165, 1.54) is 6.07 Å². The third-order valence-electron chi connectivity index (χ3n) is 3.33. The minimum atomic E-state index is -4.43. The fraction of sp³-hybridized carbons (Fsp3) is 0.0556. The van der Waals surface area contributed by atoms with Crippen LogP contribution in [0.1, 0.15) is 5.69 Å². The first-order chi connectivity index (χ1) is 10.5. The largest absolute Gasteiger partial charge is 0.433 e. The molecule has 1 heterocycles. The molecule has 0 fully saturated rings. The highest BCUT2D eigenvalue weighted by Gasteiger charge is 2.32.